The number of nitrogens with zero attached hydrogens (tertiary/aromatic N) is 1. The molecular formula is C22H27FN2O4S. The van der Waals surface area contributed by atoms with Crippen LogP contribution in [0.3, 0.4) is 0 Å². The standard InChI is InChI=1S/C22H27FN2O4S/c1-14-9-10-18-19(13-22(3,4)29-20(18)11-14)24-21(26)15(2)25(30(5,27)28)17-8-6-7-16(23)12-17/h6-12,15,19H,13H2,1-5H3,(H,24,26)/t15-,19-/m1/s1. The number of hydrogen-bond acceptors (Lipinski definition) is 4. The lowest BCUT2D eigenvalue weighted by Gasteiger charge is -2.39. The second kappa shape index (κ2) is 7.91. The van der Waals surface area contributed by atoms with Gasteiger partial charge in [0.25, 0.3) is 0 Å². The summed E-state index contributed by atoms with van der Waals surface area (Å²) in [6, 6.07) is 9.56. The largest absolute Gasteiger partial charge is 0.487 e. The van der Waals surface area contributed by atoms with E-state index in [4.69, 9.17) is 4.74 Å². The number of carbonyl (C=O) groups excluding carboxylic acids is 1. The highest BCUT2D eigenvalue weighted by Crippen LogP contribution is 2.40. The van der Waals surface area contributed by atoms with Crippen LogP contribution in [0.4, 0.5) is 10.1 Å². The van der Waals surface area contributed by atoms with Crippen molar-refractivity contribution < 1.29 is 22.3 Å². The molecule has 0 aromatic heterocycles. The molecule has 30 heavy (non-hydrogen) atoms. The fourth-order valence-corrected chi connectivity index (χ4v) is 4.97. The van der Waals surface area contributed by atoms with Gasteiger partial charge in [0.2, 0.25) is 15.9 Å². The molecule has 0 bridgehead atoms. The second-order valence-electron chi connectivity index (χ2n) is 8.38. The van der Waals surface area contributed by atoms with Gasteiger partial charge in [-0.2, -0.15) is 0 Å². The van der Waals surface area contributed by atoms with Crippen molar-refractivity contribution in [1.82, 2.24) is 5.32 Å². The van der Waals surface area contributed by atoms with Crippen LogP contribution in [0.25, 0.3) is 0 Å². The van der Waals surface area contributed by atoms with Gasteiger partial charge in [-0.25, -0.2) is 12.8 Å². The lowest BCUT2D eigenvalue weighted by Crippen LogP contribution is -2.50. The molecule has 162 valence electrons. The van der Waals surface area contributed by atoms with Gasteiger partial charge in [-0.15, -0.1) is 0 Å². The van der Waals surface area contributed by atoms with E-state index in [1.54, 1.807) is 0 Å². The molecule has 2 aromatic carbocycles. The molecule has 1 aliphatic rings. The highest BCUT2D eigenvalue weighted by molar-refractivity contribution is 7.92. The van der Waals surface area contributed by atoms with E-state index in [0.717, 1.165) is 27.8 Å². The third kappa shape index (κ3) is 4.75. The second-order valence-corrected chi connectivity index (χ2v) is 10.2. The molecule has 8 heteroatoms. The smallest absolute Gasteiger partial charge is 0.244 e. The Morgan fingerprint density at radius 1 is 1.27 bits per heavy atom. The van der Waals surface area contributed by atoms with Crippen LogP contribution in [0.2, 0.25) is 0 Å². The van der Waals surface area contributed by atoms with Crippen molar-refractivity contribution in [2.24, 2.45) is 0 Å². The SMILES string of the molecule is Cc1ccc2c(c1)OC(C)(C)C[C@H]2NC(=O)[C@@H](C)N(c1cccc(F)c1)S(C)(=O)=O. The first-order chi connectivity index (χ1) is 13.9. The number of aryl methyl sites for hydroxylation is 1. The van der Waals surface area contributed by atoms with Gasteiger partial charge in [0.15, 0.2) is 0 Å². The highest BCUT2D eigenvalue weighted by Gasteiger charge is 2.37. The van der Waals surface area contributed by atoms with Crippen LogP contribution >= 0.6 is 0 Å². The number of halogens is 1. The molecule has 6 nitrogen and oxygen atoms in total. The van der Waals surface area contributed by atoms with Crippen molar-refractivity contribution >= 4 is 21.6 Å². The molecule has 0 spiro atoms. The zero-order chi connectivity index (χ0) is 22.3. The average Bonchev–Trinajstić information content (AvgIpc) is 2.59. The number of benzene rings is 2. The zero-order valence-corrected chi connectivity index (χ0v) is 18.6. The van der Waals surface area contributed by atoms with E-state index in [1.807, 2.05) is 39.0 Å². The Morgan fingerprint density at radius 3 is 2.60 bits per heavy atom. The van der Waals surface area contributed by atoms with E-state index in [9.17, 15) is 17.6 Å². The van der Waals surface area contributed by atoms with Gasteiger partial charge in [-0.3, -0.25) is 9.10 Å². The maximum absolute atomic E-state index is 13.7. The third-order valence-corrected chi connectivity index (χ3v) is 6.34. The Morgan fingerprint density at radius 2 is 1.97 bits per heavy atom. The third-order valence-electron chi connectivity index (χ3n) is 5.09. The fraction of sp³-hybridized carbons (Fsp3) is 0.409. The van der Waals surface area contributed by atoms with Crippen molar-refractivity contribution in [3.05, 3.63) is 59.4 Å². The Balaban J connectivity index is 1.91. The quantitative estimate of drug-likeness (QED) is 0.779. The first kappa shape index (κ1) is 22.1. The summed E-state index contributed by atoms with van der Waals surface area (Å²) in [5.41, 5.74) is 1.49. The van der Waals surface area contributed by atoms with Crippen molar-refractivity contribution in [2.75, 3.05) is 10.6 Å². The Hall–Kier alpha value is -2.61. The molecule has 0 aliphatic carbocycles. The summed E-state index contributed by atoms with van der Waals surface area (Å²) in [5, 5.41) is 2.97. The molecule has 0 fully saturated rings. The van der Waals surface area contributed by atoms with Gasteiger partial charge in [-0.1, -0.05) is 18.2 Å². The monoisotopic (exact) mass is 434 g/mol. The lowest BCUT2D eigenvalue weighted by molar-refractivity contribution is -0.123. The molecule has 1 aliphatic heterocycles. The first-order valence-electron chi connectivity index (χ1n) is 9.72. The Bertz CT molecular complexity index is 1070. The van der Waals surface area contributed by atoms with Crippen LogP contribution in [-0.4, -0.2) is 32.2 Å². The molecule has 1 amide bonds. The molecule has 3 rings (SSSR count). The normalized spacial score (nSPS) is 18.7. The van der Waals surface area contributed by atoms with Gasteiger partial charge in [0.1, 0.15) is 23.2 Å². The van der Waals surface area contributed by atoms with Crippen LogP contribution in [0.15, 0.2) is 42.5 Å². The number of nitrogens with one attached hydrogen (secondary N) is 1. The number of sulfonamides is 1. The van der Waals surface area contributed by atoms with Crippen LogP contribution in [0, 0.1) is 12.7 Å². The number of anilines is 1. The fourth-order valence-electron chi connectivity index (χ4n) is 3.80. The summed E-state index contributed by atoms with van der Waals surface area (Å²) >= 11 is 0. The minimum absolute atomic E-state index is 0.100. The van der Waals surface area contributed by atoms with Gasteiger partial charge >= 0.3 is 0 Å². The lowest BCUT2D eigenvalue weighted by atomic mass is 9.89. The molecule has 0 radical (unpaired) electrons. The molecule has 0 saturated carbocycles. The van der Waals surface area contributed by atoms with Gasteiger partial charge in [0.05, 0.1) is 18.0 Å². The molecule has 1 N–H and O–H groups in total. The van der Waals surface area contributed by atoms with Crippen LogP contribution in [-0.2, 0) is 14.8 Å². The summed E-state index contributed by atoms with van der Waals surface area (Å²) in [5.74, 6) is -0.350. The van der Waals surface area contributed by atoms with Gasteiger partial charge < -0.3 is 10.1 Å². The van der Waals surface area contributed by atoms with Crippen LogP contribution < -0.4 is 14.4 Å². The predicted molar refractivity (Wildman–Crippen MR) is 115 cm³/mol. The number of amides is 1. The first-order valence-corrected chi connectivity index (χ1v) is 11.6. The summed E-state index contributed by atoms with van der Waals surface area (Å²) in [4.78, 5) is 13.1. The van der Waals surface area contributed by atoms with Crippen molar-refractivity contribution in [3.63, 3.8) is 0 Å². The average molecular weight is 435 g/mol. The number of carbonyl (C=O) groups is 1. The van der Waals surface area contributed by atoms with E-state index in [0.29, 0.717) is 12.2 Å². The topological polar surface area (TPSA) is 75.7 Å². The molecule has 0 saturated heterocycles. The number of hydrogen-bond donors (Lipinski definition) is 1. The van der Waals surface area contributed by atoms with Crippen LogP contribution in [0.1, 0.15) is 44.4 Å². The summed E-state index contributed by atoms with van der Waals surface area (Å²) in [7, 11) is -3.83. The van der Waals surface area contributed by atoms with E-state index in [2.05, 4.69) is 5.32 Å². The minimum atomic E-state index is -3.83. The van der Waals surface area contributed by atoms with Gasteiger partial charge in [-0.05, 0) is 57.5 Å². The molecular weight excluding hydrogens is 407 g/mol. The Kier molecular flexibility index (Phi) is 5.82. The maximum atomic E-state index is 13.7. The van der Waals surface area contributed by atoms with Crippen LogP contribution in [0.5, 0.6) is 5.75 Å². The summed E-state index contributed by atoms with van der Waals surface area (Å²) in [6.45, 7) is 7.33. The molecule has 0 unspecified atom stereocenters. The highest BCUT2D eigenvalue weighted by atomic mass is 32.2. The van der Waals surface area contributed by atoms with Gasteiger partial charge in [0, 0.05) is 12.0 Å². The molecule has 2 aromatic rings. The van der Waals surface area contributed by atoms with E-state index < -0.39 is 33.4 Å². The molecule has 2 atom stereocenters. The number of ether oxygens (including phenoxy) is 1. The Labute approximate surface area is 177 Å². The van der Waals surface area contributed by atoms with E-state index in [-0.39, 0.29) is 11.7 Å². The van der Waals surface area contributed by atoms with Crippen molar-refractivity contribution in [3.8, 4) is 5.75 Å². The van der Waals surface area contributed by atoms with E-state index in [1.165, 1.54) is 25.1 Å². The number of fused-ring (bicyclic) bond motifs is 1. The minimum Gasteiger partial charge on any atom is -0.487 e. The maximum Gasteiger partial charge on any atom is 0.244 e. The molecule has 1 heterocycles. The number of rotatable bonds is 5. The predicted octanol–water partition coefficient (Wildman–Crippen LogP) is 3.71. The summed E-state index contributed by atoms with van der Waals surface area (Å²) in [6.07, 6.45) is 1.53. The zero-order valence-electron chi connectivity index (χ0n) is 17.8. The van der Waals surface area contributed by atoms with Crippen molar-refractivity contribution in [2.45, 2.75) is 51.8 Å². The van der Waals surface area contributed by atoms with Crippen molar-refractivity contribution in [1.29, 1.82) is 0 Å². The van der Waals surface area contributed by atoms with E-state index >= 15 is 0 Å². The summed E-state index contributed by atoms with van der Waals surface area (Å²) < 4.78 is 45.5.